The molecule has 1 aliphatic heterocycles. The molecule has 4 rings (SSSR count). The summed E-state index contributed by atoms with van der Waals surface area (Å²) >= 11 is 0. The van der Waals surface area contributed by atoms with Crippen LogP contribution in [0.1, 0.15) is 41.4 Å². The molecule has 6 heteroatoms. The number of amides is 1. The first-order chi connectivity index (χ1) is 15.8. The van der Waals surface area contributed by atoms with E-state index in [-0.39, 0.29) is 35.4 Å². The Labute approximate surface area is 194 Å². The minimum Gasteiger partial charge on any atom is -0.353 e. The predicted octanol–water partition coefficient (Wildman–Crippen LogP) is 5.07. The molecule has 1 aromatic heterocycles. The number of likely N-dealkylation sites (tertiary alicyclic amines) is 1. The molecule has 0 spiro atoms. The molecule has 4 nitrogen and oxygen atoms in total. The monoisotopic (exact) mass is 451 g/mol. The van der Waals surface area contributed by atoms with E-state index in [1.165, 1.54) is 30.0 Å². The van der Waals surface area contributed by atoms with E-state index >= 15 is 0 Å². The molecule has 1 aliphatic rings. The van der Waals surface area contributed by atoms with Crippen molar-refractivity contribution in [1.82, 2.24) is 14.4 Å². The van der Waals surface area contributed by atoms with Gasteiger partial charge in [-0.25, -0.2) is 8.78 Å². The zero-order chi connectivity index (χ0) is 23.5. The summed E-state index contributed by atoms with van der Waals surface area (Å²) in [5.41, 5.74) is 2.81. The van der Waals surface area contributed by atoms with Gasteiger partial charge in [0.2, 0.25) is 0 Å². The van der Waals surface area contributed by atoms with Gasteiger partial charge in [-0.1, -0.05) is 12.1 Å². The minimum atomic E-state index is -0.355. The molecule has 2 atom stereocenters. The molecule has 1 amide bonds. The summed E-state index contributed by atoms with van der Waals surface area (Å²) < 4.78 is 29.1. The van der Waals surface area contributed by atoms with Gasteiger partial charge in [0.05, 0.1) is 0 Å². The van der Waals surface area contributed by atoms with Gasteiger partial charge in [-0.15, -0.1) is 0 Å². The number of carbonyl (C=O) groups is 1. The highest BCUT2D eigenvalue weighted by molar-refractivity contribution is 5.94. The predicted molar refractivity (Wildman–Crippen MR) is 126 cm³/mol. The third kappa shape index (κ3) is 5.33. The second kappa shape index (κ2) is 9.87. The highest BCUT2D eigenvalue weighted by Gasteiger charge is 2.36. The fourth-order valence-corrected chi connectivity index (χ4v) is 4.79. The van der Waals surface area contributed by atoms with Gasteiger partial charge in [-0.05, 0) is 73.9 Å². The summed E-state index contributed by atoms with van der Waals surface area (Å²) in [6.45, 7) is 7.10. The van der Waals surface area contributed by atoms with Crippen LogP contribution in [-0.2, 0) is 13.6 Å². The van der Waals surface area contributed by atoms with E-state index in [4.69, 9.17) is 0 Å². The summed E-state index contributed by atoms with van der Waals surface area (Å²) in [6.07, 6.45) is 2.04. The van der Waals surface area contributed by atoms with Crippen LogP contribution >= 0.6 is 0 Å². The van der Waals surface area contributed by atoms with E-state index in [0.29, 0.717) is 12.1 Å². The molecule has 0 unspecified atom stereocenters. The Kier molecular flexibility index (Phi) is 6.94. The number of halogens is 2. The Morgan fingerprint density at radius 2 is 1.64 bits per heavy atom. The lowest BCUT2D eigenvalue weighted by atomic mass is 9.88. The van der Waals surface area contributed by atoms with Crippen LogP contribution in [0, 0.1) is 17.6 Å². The molecule has 2 heterocycles. The lowest BCUT2D eigenvalue weighted by Crippen LogP contribution is -2.42. The fraction of sp³-hybridized carbons (Fsp3) is 0.370. The van der Waals surface area contributed by atoms with Crippen molar-refractivity contribution in [1.29, 1.82) is 0 Å². The zero-order valence-electron chi connectivity index (χ0n) is 19.4. The van der Waals surface area contributed by atoms with Gasteiger partial charge in [0.1, 0.15) is 11.6 Å². The lowest BCUT2D eigenvalue weighted by molar-refractivity contribution is 0.0668. The summed E-state index contributed by atoms with van der Waals surface area (Å²) in [5.74, 6) is -0.310. The van der Waals surface area contributed by atoms with Crippen molar-refractivity contribution in [2.24, 2.45) is 13.0 Å². The Morgan fingerprint density at radius 1 is 1.00 bits per heavy atom. The van der Waals surface area contributed by atoms with E-state index in [9.17, 15) is 13.6 Å². The van der Waals surface area contributed by atoms with Crippen molar-refractivity contribution in [3.05, 3.63) is 95.3 Å². The Morgan fingerprint density at radius 3 is 2.21 bits per heavy atom. The molecule has 1 fully saturated rings. The maximum atomic E-state index is 13.6. The second-order valence-electron chi connectivity index (χ2n) is 9.28. The van der Waals surface area contributed by atoms with Gasteiger partial charge in [-0.2, -0.15) is 0 Å². The Hall–Kier alpha value is -2.99. The largest absolute Gasteiger partial charge is 0.353 e. The third-order valence-corrected chi connectivity index (χ3v) is 6.66. The number of carbonyl (C=O) groups excluding carboxylic acids is 1. The summed E-state index contributed by atoms with van der Waals surface area (Å²) in [6, 6.07) is 16.6. The smallest absolute Gasteiger partial charge is 0.254 e. The van der Waals surface area contributed by atoms with Gasteiger partial charge in [-0.3, -0.25) is 9.69 Å². The molecule has 174 valence electrons. The minimum absolute atomic E-state index is 0.00153. The number of aryl methyl sites for hydroxylation is 1. The van der Waals surface area contributed by atoms with Crippen LogP contribution in [0.25, 0.3) is 0 Å². The summed E-state index contributed by atoms with van der Waals surface area (Å²) in [5, 5.41) is 0. The van der Waals surface area contributed by atoms with Crippen LogP contribution in [-0.4, -0.2) is 46.0 Å². The second-order valence-corrected chi connectivity index (χ2v) is 9.28. The topological polar surface area (TPSA) is 28.5 Å². The van der Waals surface area contributed by atoms with Crippen molar-refractivity contribution < 1.29 is 13.6 Å². The maximum Gasteiger partial charge on any atom is 0.254 e. The number of hydrogen-bond donors (Lipinski definition) is 0. The van der Waals surface area contributed by atoms with Crippen LogP contribution in [0.15, 0.2) is 66.9 Å². The quantitative estimate of drug-likeness (QED) is 0.502. The molecular weight excluding hydrogens is 420 g/mol. The highest BCUT2D eigenvalue weighted by atomic mass is 19.1. The first-order valence-corrected chi connectivity index (χ1v) is 11.5. The van der Waals surface area contributed by atoms with Crippen LogP contribution in [0.2, 0.25) is 0 Å². The molecular formula is C27H31F2N3O. The Balaban J connectivity index is 1.57. The first kappa shape index (κ1) is 23.2. The lowest BCUT2D eigenvalue weighted by Gasteiger charge is -2.32. The molecule has 1 saturated heterocycles. The normalized spacial score (nSPS) is 18.7. The third-order valence-electron chi connectivity index (χ3n) is 6.66. The van der Waals surface area contributed by atoms with E-state index in [2.05, 4.69) is 15.5 Å². The number of aromatic nitrogens is 1. The summed E-state index contributed by atoms with van der Waals surface area (Å²) in [4.78, 5) is 17.6. The number of nitrogens with zero attached hydrogens (tertiary/aromatic N) is 3. The molecule has 0 N–H and O–H groups in total. The fourth-order valence-electron chi connectivity index (χ4n) is 4.79. The van der Waals surface area contributed by atoms with Gasteiger partial charge >= 0.3 is 0 Å². The van der Waals surface area contributed by atoms with Crippen molar-refractivity contribution in [2.75, 3.05) is 19.6 Å². The highest BCUT2D eigenvalue weighted by Crippen LogP contribution is 2.35. The van der Waals surface area contributed by atoms with Gasteiger partial charge in [0.15, 0.2) is 0 Å². The average molecular weight is 452 g/mol. The van der Waals surface area contributed by atoms with E-state index in [1.54, 1.807) is 12.1 Å². The molecule has 0 aliphatic carbocycles. The van der Waals surface area contributed by atoms with Crippen LogP contribution in [0.3, 0.4) is 0 Å². The molecule has 0 bridgehead atoms. The molecule has 0 radical (unpaired) electrons. The van der Waals surface area contributed by atoms with Crippen molar-refractivity contribution in [3.8, 4) is 0 Å². The van der Waals surface area contributed by atoms with Gasteiger partial charge in [0, 0.05) is 62.6 Å². The van der Waals surface area contributed by atoms with Gasteiger partial charge < -0.3 is 9.47 Å². The first-order valence-electron chi connectivity index (χ1n) is 11.5. The number of rotatable bonds is 7. The SMILES string of the molecule is CC(C)N(C[C@H]1CN(Cc2cccn2C)C[C@@H]1c1ccc(F)cc1)C(=O)c1ccc(F)cc1. The van der Waals surface area contributed by atoms with E-state index in [1.807, 2.05) is 50.2 Å². The van der Waals surface area contributed by atoms with Crippen LogP contribution in [0.4, 0.5) is 8.78 Å². The standard InChI is InChI=1S/C27H31F2N3O/c1-19(2)32(27(33)21-8-12-24(29)13-9-21)16-22-15-31(17-25-5-4-14-30(25)3)18-26(22)20-6-10-23(28)11-7-20/h4-14,19,22,26H,15-18H2,1-3H3/t22-,26-/m1/s1. The Bertz CT molecular complexity index is 1080. The van der Waals surface area contributed by atoms with E-state index in [0.717, 1.165) is 25.2 Å². The van der Waals surface area contributed by atoms with E-state index < -0.39 is 0 Å². The average Bonchev–Trinajstić information content (AvgIpc) is 3.38. The molecule has 0 saturated carbocycles. The van der Waals surface area contributed by atoms with Crippen molar-refractivity contribution >= 4 is 5.91 Å². The van der Waals surface area contributed by atoms with Crippen molar-refractivity contribution in [3.63, 3.8) is 0 Å². The zero-order valence-corrected chi connectivity index (χ0v) is 19.4. The van der Waals surface area contributed by atoms with Crippen molar-refractivity contribution in [2.45, 2.75) is 32.4 Å². The number of benzene rings is 2. The number of hydrogen-bond acceptors (Lipinski definition) is 2. The molecule has 3 aromatic rings. The van der Waals surface area contributed by atoms with Crippen LogP contribution < -0.4 is 0 Å². The maximum absolute atomic E-state index is 13.6. The molecule has 2 aromatic carbocycles. The van der Waals surface area contributed by atoms with Gasteiger partial charge in [0.25, 0.3) is 5.91 Å². The summed E-state index contributed by atoms with van der Waals surface area (Å²) in [7, 11) is 2.04. The van der Waals surface area contributed by atoms with Crippen LogP contribution in [0.5, 0.6) is 0 Å². The molecule has 33 heavy (non-hydrogen) atoms.